The van der Waals surface area contributed by atoms with E-state index < -0.39 is 17.9 Å². The van der Waals surface area contributed by atoms with Crippen LogP contribution in [-0.4, -0.2) is 44.7 Å². The molecule has 0 aromatic carbocycles. The summed E-state index contributed by atoms with van der Waals surface area (Å²) in [5, 5.41) is 11.7. The van der Waals surface area contributed by atoms with E-state index in [2.05, 4.69) is 15.3 Å². The second-order valence-electron chi connectivity index (χ2n) is 3.98. The molecule has 20 heavy (non-hydrogen) atoms. The van der Waals surface area contributed by atoms with Crippen LogP contribution in [0.3, 0.4) is 0 Å². The van der Waals surface area contributed by atoms with Gasteiger partial charge in [-0.05, 0) is 11.8 Å². The molecule has 0 bridgehead atoms. The number of amides is 1. The molecule has 1 amide bonds. The van der Waals surface area contributed by atoms with Gasteiger partial charge in [-0.25, -0.2) is 9.78 Å². The molecule has 1 rings (SSSR count). The van der Waals surface area contributed by atoms with Crippen LogP contribution in [0.4, 0.5) is 0 Å². The molecule has 0 radical (unpaired) electrons. The molecule has 1 heterocycles. The highest BCUT2D eigenvalue weighted by Crippen LogP contribution is 2.20. The molecule has 0 fully saturated rings. The Morgan fingerprint density at radius 1 is 1.55 bits per heavy atom. The number of thioether (sulfide) groups is 1. The molecule has 1 aromatic rings. The monoisotopic (exact) mass is 300 g/mol. The van der Waals surface area contributed by atoms with E-state index in [1.807, 2.05) is 0 Å². The number of carboxylic acids is 1. The number of carboxylic acid groups (broad SMARTS) is 1. The van der Waals surface area contributed by atoms with E-state index in [1.54, 1.807) is 0 Å². The molecule has 0 aliphatic carbocycles. The molecule has 110 valence electrons. The molecule has 9 heteroatoms. The van der Waals surface area contributed by atoms with Crippen molar-refractivity contribution in [1.29, 1.82) is 0 Å². The van der Waals surface area contributed by atoms with E-state index in [9.17, 15) is 14.4 Å². The Labute approximate surface area is 119 Å². The zero-order valence-corrected chi connectivity index (χ0v) is 11.7. The number of carbonyl (C=O) groups excluding carboxylic acids is 2. The number of nitrogens with two attached hydrogens (primary N) is 1. The molecule has 0 aliphatic rings. The van der Waals surface area contributed by atoms with Crippen LogP contribution in [-0.2, 0) is 20.8 Å². The quantitative estimate of drug-likeness (QED) is 0.498. The van der Waals surface area contributed by atoms with Gasteiger partial charge in [-0.15, -0.1) is 0 Å². The minimum atomic E-state index is -1.16. The van der Waals surface area contributed by atoms with Gasteiger partial charge in [0.25, 0.3) is 0 Å². The smallest absolute Gasteiger partial charge is 0.326 e. The van der Waals surface area contributed by atoms with E-state index in [0.717, 1.165) is 11.8 Å². The number of hydrogen-bond donors (Lipinski definition) is 4. The normalized spacial score (nSPS) is 11.9. The van der Waals surface area contributed by atoms with Crippen molar-refractivity contribution >= 4 is 28.8 Å². The Bertz CT molecular complexity index is 502. The SMILES string of the molecule is CC(=O)Sc1nc[nH]c1CC(NC(=O)CCN)C(=O)O. The Kier molecular flexibility index (Phi) is 6.19. The van der Waals surface area contributed by atoms with Crippen LogP contribution >= 0.6 is 11.8 Å². The molecule has 1 atom stereocenters. The van der Waals surface area contributed by atoms with Crippen LogP contribution in [0.1, 0.15) is 19.0 Å². The molecular weight excluding hydrogens is 284 g/mol. The van der Waals surface area contributed by atoms with Gasteiger partial charge in [0.15, 0.2) is 5.12 Å². The van der Waals surface area contributed by atoms with Gasteiger partial charge in [-0.3, -0.25) is 9.59 Å². The van der Waals surface area contributed by atoms with Gasteiger partial charge in [0.05, 0.1) is 12.0 Å². The molecular formula is C11H16N4O4S. The van der Waals surface area contributed by atoms with Crippen molar-refractivity contribution in [2.45, 2.75) is 30.8 Å². The summed E-state index contributed by atoms with van der Waals surface area (Å²) >= 11 is 0.908. The lowest BCUT2D eigenvalue weighted by Crippen LogP contribution is -2.43. The Morgan fingerprint density at radius 3 is 2.80 bits per heavy atom. The fourth-order valence-corrected chi connectivity index (χ4v) is 2.12. The maximum Gasteiger partial charge on any atom is 0.326 e. The van der Waals surface area contributed by atoms with E-state index in [0.29, 0.717) is 10.7 Å². The third-order valence-corrected chi connectivity index (χ3v) is 3.16. The molecule has 0 aliphatic heterocycles. The predicted octanol–water partition coefficient (Wildman–Crippen LogP) is -0.491. The maximum atomic E-state index is 11.4. The van der Waals surface area contributed by atoms with Gasteiger partial charge in [-0.2, -0.15) is 0 Å². The van der Waals surface area contributed by atoms with Crippen LogP contribution in [0.25, 0.3) is 0 Å². The number of H-pyrrole nitrogens is 1. The van der Waals surface area contributed by atoms with E-state index >= 15 is 0 Å². The molecule has 0 saturated heterocycles. The van der Waals surface area contributed by atoms with Crippen LogP contribution in [0.5, 0.6) is 0 Å². The van der Waals surface area contributed by atoms with E-state index in [1.165, 1.54) is 13.3 Å². The standard InChI is InChI=1S/C11H16N4O4S/c1-6(16)20-10-7(13-5-14-10)4-8(11(18)19)15-9(17)2-3-12/h5,8H,2-4,12H2,1H3,(H,13,14)(H,15,17)(H,18,19). The molecule has 0 spiro atoms. The third-order valence-electron chi connectivity index (χ3n) is 2.33. The summed E-state index contributed by atoms with van der Waals surface area (Å²) in [6.07, 6.45) is 1.45. The predicted molar refractivity (Wildman–Crippen MR) is 72.1 cm³/mol. The summed E-state index contributed by atoms with van der Waals surface area (Å²) in [5.41, 5.74) is 5.72. The van der Waals surface area contributed by atoms with Gasteiger partial charge in [-0.1, -0.05) is 0 Å². The van der Waals surface area contributed by atoms with Crippen molar-refractivity contribution in [2.24, 2.45) is 5.73 Å². The van der Waals surface area contributed by atoms with E-state index in [-0.39, 0.29) is 24.5 Å². The lowest BCUT2D eigenvalue weighted by Gasteiger charge is -2.14. The minimum absolute atomic E-state index is 0.0151. The van der Waals surface area contributed by atoms with Gasteiger partial charge in [0.2, 0.25) is 5.91 Å². The summed E-state index contributed by atoms with van der Waals surface area (Å²) in [7, 11) is 0. The highest BCUT2D eigenvalue weighted by Gasteiger charge is 2.23. The lowest BCUT2D eigenvalue weighted by molar-refractivity contribution is -0.141. The van der Waals surface area contributed by atoms with Gasteiger partial charge in [0.1, 0.15) is 11.1 Å². The first-order chi connectivity index (χ1) is 9.43. The number of imidazole rings is 1. The summed E-state index contributed by atoms with van der Waals surface area (Å²) in [6.45, 7) is 1.54. The molecule has 1 aromatic heterocycles. The zero-order valence-electron chi connectivity index (χ0n) is 10.9. The maximum absolute atomic E-state index is 11.4. The Hall–Kier alpha value is -1.87. The number of aromatic nitrogens is 2. The third kappa shape index (κ3) is 5.02. The first kappa shape index (κ1) is 16.2. The number of nitrogens with zero attached hydrogens (tertiary/aromatic N) is 1. The van der Waals surface area contributed by atoms with Crippen molar-refractivity contribution in [3.05, 3.63) is 12.0 Å². The minimum Gasteiger partial charge on any atom is -0.480 e. The van der Waals surface area contributed by atoms with Crippen molar-refractivity contribution < 1.29 is 19.5 Å². The summed E-state index contributed by atoms with van der Waals surface area (Å²) in [6, 6.07) is -1.10. The van der Waals surface area contributed by atoms with Crippen LogP contribution in [0.2, 0.25) is 0 Å². The van der Waals surface area contributed by atoms with Crippen LogP contribution < -0.4 is 11.1 Å². The summed E-state index contributed by atoms with van der Waals surface area (Å²) in [5.74, 6) is -1.59. The first-order valence-electron chi connectivity index (χ1n) is 5.87. The van der Waals surface area contributed by atoms with Gasteiger partial charge < -0.3 is 21.1 Å². The second kappa shape index (κ2) is 7.65. The number of nitrogens with one attached hydrogen (secondary N) is 2. The first-order valence-corrected chi connectivity index (χ1v) is 6.68. The number of aromatic amines is 1. The fraction of sp³-hybridized carbons (Fsp3) is 0.455. The largest absolute Gasteiger partial charge is 0.480 e. The fourth-order valence-electron chi connectivity index (χ4n) is 1.48. The average Bonchev–Trinajstić information content (AvgIpc) is 2.75. The van der Waals surface area contributed by atoms with Crippen molar-refractivity contribution in [3.63, 3.8) is 0 Å². The number of rotatable bonds is 7. The highest BCUT2D eigenvalue weighted by atomic mass is 32.2. The topological polar surface area (TPSA) is 138 Å². The molecule has 8 nitrogen and oxygen atoms in total. The lowest BCUT2D eigenvalue weighted by atomic mass is 10.1. The van der Waals surface area contributed by atoms with Crippen molar-refractivity contribution in [1.82, 2.24) is 15.3 Å². The number of hydrogen-bond acceptors (Lipinski definition) is 6. The van der Waals surface area contributed by atoms with Gasteiger partial charge >= 0.3 is 5.97 Å². The zero-order chi connectivity index (χ0) is 15.1. The Morgan fingerprint density at radius 2 is 2.25 bits per heavy atom. The second-order valence-corrected chi connectivity index (χ2v) is 5.15. The Balaban J connectivity index is 2.75. The van der Waals surface area contributed by atoms with Crippen LogP contribution in [0.15, 0.2) is 11.4 Å². The summed E-state index contributed by atoms with van der Waals surface area (Å²) in [4.78, 5) is 40.3. The number of aliphatic carboxylic acids is 1. The van der Waals surface area contributed by atoms with E-state index in [4.69, 9.17) is 10.8 Å². The summed E-state index contributed by atoms with van der Waals surface area (Å²) < 4.78 is 0. The molecule has 5 N–H and O–H groups in total. The number of carbonyl (C=O) groups is 3. The van der Waals surface area contributed by atoms with Crippen molar-refractivity contribution in [2.75, 3.05) is 6.54 Å². The molecule has 0 saturated carbocycles. The highest BCUT2D eigenvalue weighted by molar-refractivity contribution is 8.13. The van der Waals surface area contributed by atoms with Crippen LogP contribution in [0, 0.1) is 0 Å². The molecule has 1 unspecified atom stereocenters. The van der Waals surface area contributed by atoms with Gasteiger partial charge in [0, 0.05) is 26.3 Å². The average molecular weight is 300 g/mol. The van der Waals surface area contributed by atoms with Crippen molar-refractivity contribution in [3.8, 4) is 0 Å².